The number of aliphatic hydroxyl groups is 1. The summed E-state index contributed by atoms with van der Waals surface area (Å²) in [5.74, 6) is 0.374. The molecule has 0 saturated carbocycles. The van der Waals surface area contributed by atoms with E-state index in [1.165, 1.54) is 12.8 Å². The number of unbranched alkanes of at least 4 members (excludes halogenated alkanes) is 2. The summed E-state index contributed by atoms with van der Waals surface area (Å²) >= 11 is 0. The van der Waals surface area contributed by atoms with Crippen molar-refractivity contribution in [2.75, 3.05) is 0 Å². The molecule has 0 rings (SSSR count). The molecule has 0 fully saturated rings. The van der Waals surface area contributed by atoms with Crippen LogP contribution in [0.1, 0.15) is 53.4 Å². The van der Waals surface area contributed by atoms with Crippen LogP contribution in [0.15, 0.2) is 0 Å². The van der Waals surface area contributed by atoms with E-state index in [1.807, 2.05) is 6.92 Å². The molecular formula is C10H22O. The molecule has 0 heterocycles. The van der Waals surface area contributed by atoms with Crippen molar-refractivity contribution < 1.29 is 5.11 Å². The van der Waals surface area contributed by atoms with E-state index in [2.05, 4.69) is 20.8 Å². The molecule has 0 aromatic rings. The van der Waals surface area contributed by atoms with E-state index in [0.717, 1.165) is 12.8 Å². The first-order chi connectivity index (χ1) is 5.00. The van der Waals surface area contributed by atoms with Gasteiger partial charge >= 0.3 is 0 Å². The van der Waals surface area contributed by atoms with Gasteiger partial charge in [-0.25, -0.2) is 0 Å². The molecule has 1 atom stereocenters. The smallest absolute Gasteiger partial charge is 0.0642 e. The van der Waals surface area contributed by atoms with Crippen LogP contribution in [0.25, 0.3) is 0 Å². The molecule has 0 amide bonds. The van der Waals surface area contributed by atoms with Crippen LogP contribution in [0.3, 0.4) is 0 Å². The van der Waals surface area contributed by atoms with Crippen LogP contribution in [-0.4, -0.2) is 10.7 Å². The van der Waals surface area contributed by atoms with E-state index in [4.69, 9.17) is 0 Å². The minimum Gasteiger partial charge on any atom is -0.390 e. The topological polar surface area (TPSA) is 20.2 Å². The molecule has 1 N–H and O–H groups in total. The Balaban J connectivity index is 3.55. The highest BCUT2D eigenvalue weighted by atomic mass is 16.3. The maximum atomic E-state index is 9.82. The Morgan fingerprint density at radius 3 is 2.18 bits per heavy atom. The number of hydrogen-bond donors (Lipinski definition) is 1. The molecule has 0 unspecified atom stereocenters. The Bertz CT molecular complexity index is 95.0. The predicted octanol–water partition coefficient (Wildman–Crippen LogP) is 2.97. The van der Waals surface area contributed by atoms with Crippen molar-refractivity contribution in [1.29, 1.82) is 0 Å². The van der Waals surface area contributed by atoms with E-state index >= 15 is 0 Å². The molecule has 0 aromatic carbocycles. The maximum Gasteiger partial charge on any atom is 0.0642 e. The Morgan fingerprint density at radius 2 is 1.82 bits per heavy atom. The third-order valence-corrected chi connectivity index (χ3v) is 2.53. The van der Waals surface area contributed by atoms with Gasteiger partial charge in [-0.15, -0.1) is 0 Å². The fourth-order valence-corrected chi connectivity index (χ4v) is 1.02. The van der Waals surface area contributed by atoms with Gasteiger partial charge in [0.05, 0.1) is 5.60 Å². The lowest BCUT2D eigenvalue weighted by molar-refractivity contribution is 0.00318. The zero-order chi connectivity index (χ0) is 8.91. The third kappa shape index (κ3) is 4.41. The van der Waals surface area contributed by atoms with Crippen LogP contribution < -0.4 is 0 Å². The summed E-state index contributed by atoms with van der Waals surface area (Å²) in [6.07, 6.45) is 4.57. The summed E-state index contributed by atoms with van der Waals surface area (Å²) in [4.78, 5) is 0. The van der Waals surface area contributed by atoms with Gasteiger partial charge in [0.25, 0.3) is 0 Å². The second-order valence-electron chi connectivity index (χ2n) is 3.97. The summed E-state index contributed by atoms with van der Waals surface area (Å²) in [5, 5.41) is 9.82. The van der Waals surface area contributed by atoms with Crippen molar-refractivity contribution in [1.82, 2.24) is 0 Å². The fraction of sp³-hybridized carbons (Fsp3) is 1.00. The van der Waals surface area contributed by atoms with Crippen LogP contribution in [0.2, 0.25) is 0 Å². The van der Waals surface area contributed by atoms with Crippen LogP contribution >= 0.6 is 0 Å². The number of rotatable bonds is 5. The maximum absolute atomic E-state index is 9.82. The van der Waals surface area contributed by atoms with Crippen LogP contribution in [0, 0.1) is 5.92 Å². The standard InChI is InChI=1S/C10H22O/c1-5-6-7-8-10(4,11)9(2)3/h9,11H,5-8H2,1-4H3/t10-/m1/s1. The van der Waals surface area contributed by atoms with Crippen molar-refractivity contribution in [3.63, 3.8) is 0 Å². The van der Waals surface area contributed by atoms with Gasteiger partial charge in [0.1, 0.15) is 0 Å². The SMILES string of the molecule is CCCCC[C@@](C)(O)C(C)C. The first-order valence-corrected chi connectivity index (χ1v) is 4.73. The van der Waals surface area contributed by atoms with E-state index in [0.29, 0.717) is 5.92 Å². The zero-order valence-corrected chi connectivity index (χ0v) is 8.35. The molecule has 1 heteroatoms. The molecule has 68 valence electrons. The van der Waals surface area contributed by atoms with Crippen molar-refractivity contribution in [3.05, 3.63) is 0 Å². The Kier molecular flexibility index (Phi) is 4.74. The van der Waals surface area contributed by atoms with Gasteiger partial charge in [-0.3, -0.25) is 0 Å². The van der Waals surface area contributed by atoms with Gasteiger partial charge in [-0.2, -0.15) is 0 Å². The highest BCUT2D eigenvalue weighted by Crippen LogP contribution is 2.22. The van der Waals surface area contributed by atoms with Crippen LogP contribution in [-0.2, 0) is 0 Å². The second-order valence-corrected chi connectivity index (χ2v) is 3.97. The molecule has 1 nitrogen and oxygen atoms in total. The quantitative estimate of drug-likeness (QED) is 0.610. The van der Waals surface area contributed by atoms with Gasteiger partial charge < -0.3 is 5.11 Å². The normalized spacial score (nSPS) is 16.9. The Labute approximate surface area is 70.8 Å². The summed E-state index contributed by atoms with van der Waals surface area (Å²) < 4.78 is 0. The molecule has 0 spiro atoms. The first-order valence-electron chi connectivity index (χ1n) is 4.73. The van der Waals surface area contributed by atoms with Gasteiger partial charge in [0, 0.05) is 0 Å². The minimum atomic E-state index is -0.449. The van der Waals surface area contributed by atoms with E-state index in [1.54, 1.807) is 0 Å². The lowest BCUT2D eigenvalue weighted by atomic mass is 9.87. The molecule has 0 saturated heterocycles. The van der Waals surface area contributed by atoms with E-state index in [-0.39, 0.29) is 0 Å². The molecule has 0 aromatic heterocycles. The van der Waals surface area contributed by atoms with Gasteiger partial charge in [0.15, 0.2) is 0 Å². The Hall–Kier alpha value is -0.0400. The molecule has 0 aliphatic carbocycles. The highest BCUT2D eigenvalue weighted by Gasteiger charge is 2.23. The first kappa shape index (κ1) is 11.0. The largest absolute Gasteiger partial charge is 0.390 e. The lowest BCUT2D eigenvalue weighted by Crippen LogP contribution is -2.30. The highest BCUT2D eigenvalue weighted by molar-refractivity contribution is 4.75. The number of hydrogen-bond acceptors (Lipinski definition) is 1. The van der Waals surface area contributed by atoms with E-state index < -0.39 is 5.60 Å². The summed E-state index contributed by atoms with van der Waals surface area (Å²) in [6.45, 7) is 8.27. The molecule has 0 bridgehead atoms. The summed E-state index contributed by atoms with van der Waals surface area (Å²) in [7, 11) is 0. The summed E-state index contributed by atoms with van der Waals surface area (Å²) in [5.41, 5.74) is -0.449. The lowest BCUT2D eigenvalue weighted by Gasteiger charge is -2.27. The predicted molar refractivity (Wildman–Crippen MR) is 49.6 cm³/mol. The van der Waals surface area contributed by atoms with Crippen LogP contribution in [0.5, 0.6) is 0 Å². The molecule has 11 heavy (non-hydrogen) atoms. The van der Waals surface area contributed by atoms with Gasteiger partial charge in [0.2, 0.25) is 0 Å². The average Bonchev–Trinajstić information content (AvgIpc) is 1.88. The molecule has 0 aliphatic heterocycles. The second kappa shape index (κ2) is 4.76. The molecule has 0 radical (unpaired) electrons. The monoisotopic (exact) mass is 158 g/mol. The van der Waals surface area contributed by atoms with E-state index in [9.17, 15) is 5.11 Å². The van der Waals surface area contributed by atoms with Crippen molar-refractivity contribution in [2.45, 2.75) is 59.0 Å². The summed E-state index contributed by atoms with van der Waals surface area (Å²) in [6, 6.07) is 0. The fourth-order valence-electron chi connectivity index (χ4n) is 1.02. The van der Waals surface area contributed by atoms with Gasteiger partial charge in [-0.1, -0.05) is 40.0 Å². The average molecular weight is 158 g/mol. The third-order valence-electron chi connectivity index (χ3n) is 2.53. The Morgan fingerprint density at radius 1 is 1.27 bits per heavy atom. The molecular weight excluding hydrogens is 136 g/mol. The van der Waals surface area contributed by atoms with Crippen molar-refractivity contribution in [2.24, 2.45) is 5.92 Å². The van der Waals surface area contributed by atoms with Crippen molar-refractivity contribution in [3.8, 4) is 0 Å². The van der Waals surface area contributed by atoms with Crippen LogP contribution in [0.4, 0.5) is 0 Å². The molecule has 0 aliphatic rings. The zero-order valence-electron chi connectivity index (χ0n) is 8.35. The minimum absolute atomic E-state index is 0.374. The van der Waals surface area contributed by atoms with Crippen molar-refractivity contribution >= 4 is 0 Å². The van der Waals surface area contributed by atoms with Gasteiger partial charge in [-0.05, 0) is 19.3 Å².